The predicted octanol–water partition coefficient (Wildman–Crippen LogP) is 5.25. The molecular formula is C25H31FN2O6. The number of pyridine rings is 1. The molecule has 34 heavy (non-hydrogen) atoms. The van der Waals surface area contributed by atoms with Crippen LogP contribution in [-0.4, -0.2) is 63.4 Å². The Bertz CT molecular complexity index is 1060. The van der Waals surface area contributed by atoms with E-state index >= 15 is 0 Å². The molecule has 0 unspecified atom stereocenters. The van der Waals surface area contributed by atoms with Gasteiger partial charge in [0.2, 0.25) is 0 Å². The fraction of sp³-hybridized carbons (Fsp3) is 0.440. The number of hydrogen-bond acceptors (Lipinski definition) is 7. The molecule has 0 saturated heterocycles. The molecule has 3 rings (SSSR count). The normalized spacial score (nSPS) is 11.6. The Labute approximate surface area is 198 Å². The Morgan fingerprint density at radius 3 is 2.44 bits per heavy atom. The number of anilines is 1. The van der Waals surface area contributed by atoms with Crippen molar-refractivity contribution in [1.82, 2.24) is 4.98 Å². The first-order chi connectivity index (χ1) is 16.3. The van der Waals surface area contributed by atoms with Crippen molar-refractivity contribution in [2.75, 3.05) is 51.7 Å². The number of aromatic nitrogens is 1. The second-order valence-corrected chi connectivity index (χ2v) is 8.52. The average molecular weight is 475 g/mol. The summed E-state index contributed by atoms with van der Waals surface area (Å²) in [6.45, 7) is 6.60. The van der Waals surface area contributed by atoms with Crippen molar-refractivity contribution in [1.29, 1.82) is 0 Å². The Morgan fingerprint density at radius 2 is 1.76 bits per heavy atom. The second kappa shape index (κ2) is 11.8. The van der Waals surface area contributed by atoms with Gasteiger partial charge in [-0.05, 0) is 57.2 Å². The fourth-order valence-corrected chi connectivity index (χ4v) is 3.00. The highest BCUT2D eigenvalue weighted by Crippen LogP contribution is 2.30. The summed E-state index contributed by atoms with van der Waals surface area (Å²) in [5, 5.41) is 0.892. The molecular weight excluding hydrogens is 443 g/mol. The largest absolute Gasteiger partial charge is 0.491 e. The lowest BCUT2D eigenvalue weighted by molar-refractivity contribution is 0.0325. The number of amides is 1. The summed E-state index contributed by atoms with van der Waals surface area (Å²) in [5.41, 5.74) is 0.919. The Hall–Kier alpha value is -3.17. The summed E-state index contributed by atoms with van der Waals surface area (Å²) >= 11 is 0. The van der Waals surface area contributed by atoms with Crippen molar-refractivity contribution in [2.45, 2.75) is 26.4 Å². The molecule has 0 atom stereocenters. The molecule has 2 aromatic heterocycles. The van der Waals surface area contributed by atoms with Crippen LogP contribution in [-0.2, 0) is 14.2 Å². The summed E-state index contributed by atoms with van der Waals surface area (Å²) in [5.74, 6) is 1.83. The quantitative estimate of drug-likeness (QED) is 0.351. The molecule has 0 radical (unpaired) electrons. The van der Waals surface area contributed by atoms with Gasteiger partial charge in [-0.1, -0.05) is 0 Å². The van der Waals surface area contributed by atoms with Crippen molar-refractivity contribution < 1.29 is 32.5 Å². The maximum atomic E-state index is 12.2. The van der Waals surface area contributed by atoms with Crippen molar-refractivity contribution in [3.63, 3.8) is 0 Å². The van der Waals surface area contributed by atoms with E-state index in [0.717, 1.165) is 16.5 Å². The third kappa shape index (κ3) is 7.43. The molecule has 8 nitrogen and oxygen atoms in total. The van der Waals surface area contributed by atoms with E-state index in [2.05, 4.69) is 4.98 Å². The molecule has 0 saturated carbocycles. The van der Waals surface area contributed by atoms with Gasteiger partial charge in [0.15, 0.2) is 0 Å². The topological polar surface area (TPSA) is 83.3 Å². The van der Waals surface area contributed by atoms with Crippen LogP contribution < -0.4 is 9.64 Å². The molecule has 0 aliphatic carbocycles. The van der Waals surface area contributed by atoms with E-state index in [4.69, 9.17) is 23.4 Å². The summed E-state index contributed by atoms with van der Waals surface area (Å²) in [7, 11) is 1.62. The third-order valence-corrected chi connectivity index (χ3v) is 4.62. The maximum absolute atomic E-state index is 12.2. The molecule has 0 aliphatic heterocycles. The highest BCUT2D eigenvalue weighted by molar-refractivity contribution is 5.87. The van der Waals surface area contributed by atoms with E-state index < -0.39 is 18.4 Å². The van der Waals surface area contributed by atoms with Crippen molar-refractivity contribution in [3.8, 4) is 17.1 Å². The molecule has 0 fully saturated rings. The minimum Gasteiger partial charge on any atom is -0.491 e. The van der Waals surface area contributed by atoms with Gasteiger partial charge < -0.3 is 23.4 Å². The number of rotatable bonds is 11. The third-order valence-electron chi connectivity index (χ3n) is 4.62. The first kappa shape index (κ1) is 25.5. The van der Waals surface area contributed by atoms with Gasteiger partial charge in [0, 0.05) is 24.2 Å². The SMILES string of the molecule is CN(C(=O)OC(C)(C)C)c1ccc(-c2cc3cc(OCCOCCOCCF)ccc3o2)cn1. The summed E-state index contributed by atoms with van der Waals surface area (Å²) < 4.78 is 39.4. The van der Waals surface area contributed by atoms with Crippen LogP contribution in [0.25, 0.3) is 22.3 Å². The van der Waals surface area contributed by atoms with Crippen LogP contribution >= 0.6 is 0 Å². The second-order valence-electron chi connectivity index (χ2n) is 8.52. The van der Waals surface area contributed by atoms with E-state index in [1.165, 1.54) is 4.90 Å². The van der Waals surface area contributed by atoms with E-state index in [-0.39, 0.29) is 6.61 Å². The number of ether oxygens (including phenoxy) is 4. The van der Waals surface area contributed by atoms with Crippen LogP contribution in [0.1, 0.15) is 20.8 Å². The van der Waals surface area contributed by atoms with Crippen molar-refractivity contribution in [3.05, 3.63) is 42.6 Å². The minimum atomic E-state index is -0.582. The number of alkyl halides is 1. The highest BCUT2D eigenvalue weighted by Gasteiger charge is 2.21. The van der Waals surface area contributed by atoms with Gasteiger partial charge in [-0.15, -0.1) is 0 Å². The molecule has 2 heterocycles. The molecule has 3 aromatic rings. The average Bonchev–Trinajstić information content (AvgIpc) is 3.23. The molecule has 0 spiro atoms. The zero-order valence-electron chi connectivity index (χ0n) is 20.0. The van der Waals surface area contributed by atoms with Crippen LogP contribution in [0.3, 0.4) is 0 Å². The predicted molar refractivity (Wildman–Crippen MR) is 127 cm³/mol. The maximum Gasteiger partial charge on any atom is 0.415 e. The van der Waals surface area contributed by atoms with Crippen LogP contribution in [0.15, 0.2) is 47.0 Å². The number of hydrogen-bond donors (Lipinski definition) is 0. The number of fused-ring (bicyclic) bond motifs is 1. The first-order valence-electron chi connectivity index (χ1n) is 11.1. The molecule has 9 heteroatoms. The number of benzene rings is 1. The van der Waals surface area contributed by atoms with Crippen molar-refractivity contribution in [2.24, 2.45) is 0 Å². The number of nitrogens with zero attached hydrogens (tertiary/aromatic N) is 2. The number of halogens is 1. The van der Waals surface area contributed by atoms with Gasteiger partial charge in [0.05, 0.1) is 26.4 Å². The van der Waals surface area contributed by atoms with E-state index in [1.807, 2.05) is 51.1 Å². The van der Waals surface area contributed by atoms with Crippen LogP contribution in [0.4, 0.5) is 15.0 Å². The summed E-state index contributed by atoms with van der Waals surface area (Å²) in [6, 6.07) is 11.1. The minimum absolute atomic E-state index is 0.0932. The first-order valence-corrected chi connectivity index (χ1v) is 11.1. The fourth-order valence-electron chi connectivity index (χ4n) is 3.00. The van der Waals surface area contributed by atoms with Crippen LogP contribution in [0, 0.1) is 0 Å². The molecule has 0 N–H and O–H groups in total. The van der Waals surface area contributed by atoms with Gasteiger partial charge in [0.25, 0.3) is 0 Å². The molecule has 184 valence electrons. The summed E-state index contributed by atoms with van der Waals surface area (Å²) in [4.78, 5) is 18.0. The molecule has 1 aromatic carbocycles. The Balaban J connectivity index is 1.56. The Morgan fingerprint density at radius 1 is 1.03 bits per heavy atom. The number of carbonyl (C=O) groups is 1. The number of carbonyl (C=O) groups excluding carboxylic acids is 1. The number of furan rings is 1. The van der Waals surface area contributed by atoms with Gasteiger partial charge in [0.1, 0.15) is 41.8 Å². The molecule has 0 bridgehead atoms. The lowest BCUT2D eigenvalue weighted by Gasteiger charge is -2.24. The lowest BCUT2D eigenvalue weighted by Crippen LogP contribution is -2.34. The monoisotopic (exact) mass is 474 g/mol. The van der Waals surface area contributed by atoms with Crippen LogP contribution in [0.2, 0.25) is 0 Å². The lowest BCUT2D eigenvalue weighted by atomic mass is 10.2. The smallest absolute Gasteiger partial charge is 0.415 e. The van der Waals surface area contributed by atoms with Gasteiger partial charge in [-0.25, -0.2) is 14.2 Å². The van der Waals surface area contributed by atoms with Crippen molar-refractivity contribution >= 4 is 22.9 Å². The standard InChI is InChI=1S/C25H31FN2O6/c1-25(2,3)34-24(29)28(4)23-8-5-18(17-27-23)22-16-19-15-20(6-7-21(19)33-22)32-14-13-31-12-11-30-10-9-26/h5-8,15-17H,9-14H2,1-4H3. The van der Waals surface area contributed by atoms with E-state index in [1.54, 1.807) is 19.3 Å². The zero-order valence-corrected chi connectivity index (χ0v) is 20.0. The van der Waals surface area contributed by atoms with Gasteiger partial charge in [-0.3, -0.25) is 4.90 Å². The van der Waals surface area contributed by atoms with E-state index in [0.29, 0.717) is 43.8 Å². The molecule has 1 amide bonds. The molecule has 0 aliphatic rings. The van der Waals surface area contributed by atoms with E-state index in [9.17, 15) is 9.18 Å². The zero-order chi connectivity index (χ0) is 24.6. The highest BCUT2D eigenvalue weighted by atomic mass is 19.1. The van der Waals surface area contributed by atoms with Gasteiger partial charge in [-0.2, -0.15) is 0 Å². The Kier molecular flexibility index (Phi) is 8.84. The summed E-state index contributed by atoms with van der Waals surface area (Å²) in [6.07, 6.45) is 1.18. The van der Waals surface area contributed by atoms with Gasteiger partial charge >= 0.3 is 6.09 Å². The van der Waals surface area contributed by atoms with Crippen LogP contribution in [0.5, 0.6) is 5.75 Å².